The first-order valence-corrected chi connectivity index (χ1v) is 7.36. The lowest BCUT2D eigenvalue weighted by Crippen LogP contribution is -2.50. The van der Waals surface area contributed by atoms with Crippen molar-refractivity contribution in [3.63, 3.8) is 0 Å². The van der Waals surface area contributed by atoms with E-state index < -0.39 is 12.1 Å². The predicted molar refractivity (Wildman–Crippen MR) is 77.0 cm³/mol. The molecule has 0 radical (unpaired) electrons. The van der Waals surface area contributed by atoms with Crippen LogP contribution in [-0.2, 0) is 22.3 Å². The average Bonchev–Trinajstić information content (AvgIpc) is 3.06. The summed E-state index contributed by atoms with van der Waals surface area (Å²) in [5, 5.41) is 9.20. The molecule has 2 N–H and O–H groups in total. The lowest BCUT2D eigenvalue weighted by molar-refractivity contribution is -0.159. The van der Waals surface area contributed by atoms with Crippen LogP contribution in [0.4, 0.5) is 13.2 Å². The number of nitrogens with zero attached hydrogens (tertiary/aromatic N) is 3. The summed E-state index contributed by atoms with van der Waals surface area (Å²) in [6.07, 6.45) is -3.31. The molecule has 1 amide bonds. The number of ether oxygens (including phenoxy) is 1. The first-order valence-electron chi connectivity index (χ1n) is 7.36. The second-order valence-corrected chi connectivity index (χ2v) is 5.37. The number of hydrogen-bond acceptors (Lipinski definition) is 7. The van der Waals surface area contributed by atoms with Crippen molar-refractivity contribution >= 4 is 5.91 Å². The molecule has 3 heterocycles. The van der Waals surface area contributed by atoms with Gasteiger partial charge >= 0.3 is 12.1 Å². The highest BCUT2D eigenvalue weighted by Crippen LogP contribution is 2.29. The van der Waals surface area contributed by atoms with Crippen LogP contribution >= 0.6 is 0 Å². The minimum absolute atomic E-state index is 0.0751. The lowest BCUT2D eigenvalue weighted by Gasteiger charge is -2.23. The smallest absolute Gasteiger partial charge is 0.369 e. The topological polar surface area (TPSA) is 102 Å². The molecule has 0 aromatic carbocycles. The molecule has 0 bridgehead atoms. The monoisotopic (exact) mass is 357 g/mol. The van der Waals surface area contributed by atoms with E-state index in [2.05, 4.69) is 30.3 Å². The van der Waals surface area contributed by atoms with E-state index >= 15 is 0 Å². The van der Waals surface area contributed by atoms with Gasteiger partial charge < -0.3 is 19.9 Å². The molecule has 25 heavy (non-hydrogen) atoms. The number of rotatable bonds is 5. The molecule has 1 atom stereocenters. The fourth-order valence-corrected chi connectivity index (χ4v) is 2.21. The molecule has 1 fully saturated rings. The first kappa shape index (κ1) is 17.3. The fraction of sp³-hybridized carbons (Fsp3) is 0.429. The second-order valence-electron chi connectivity index (χ2n) is 5.37. The summed E-state index contributed by atoms with van der Waals surface area (Å²) in [7, 11) is 0. The number of morpholine rings is 1. The van der Waals surface area contributed by atoms with Gasteiger partial charge in [-0.3, -0.25) is 9.78 Å². The van der Waals surface area contributed by atoms with Crippen molar-refractivity contribution in [1.29, 1.82) is 0 Å². The van der Waals surface area contributed by atoms with Crippen molar-refractivity contribution in [2.24, 2.45) is 0 Å². The molecular formula is C14H14F3N5O3. The quantitative estimate of drug-likeness (QED) is 0.814. The Labute approximate surface area is 139 Å². The normalized spacial score (nSPS) is 18.2. The van der Waals surface area contributed by atoms with Crippen molar-refractivity contribution in [3.8, 4) is 11.4 Å². The maximum Gasteiger partial charge on any atom is 0.471 e. The van der Waals surface area contributed by atoms with Gasteiger partial charge in [-0.1, -0.05) is 5.16 Å². The van der Waals surface area contributed by atoms with Crippen LogP contribution in [0.25, 0.3) is 11.4 Å². The van der Waals surface area contributed by atoms with Crippen LogP contribution in [0.1, 0.15) is 11.6 Å². The van der Waals surface area contributed by atoms with Crippen LogP contribution in [0.3, 0.4) is 0 Å². The molecule has 2 aromatic heterocycles. The Kier molecular flexibility index (Phi) is 4.95. The number of hydrogen-bond donors (Lipinski definition) is 2. The number of aromatic nitrogens is 3. The van der Waals surface area contributed by atoms with Gasteiger partial charge in [0.25, 0.3) is 0 Å². The highest BCUT2D eigenvalue weighted by atomic mass is 19.4. The van der Waals surface area contributed by atoms with Gasteiger partial charge in [0.2, 0.25) is 11.7 Å². The standard InChI is InChI=1S/C14H14F3N5O3/c15-14(16,17)13-21-12(22-25-13)8-1-2-9(19-3-8)4-18-5-10-6-24-7-11(23)20-10/h1-3,10,18H,4-7H2,(H,20,23)/t10-/m1/s1. The minimum atomic E-state index is -4.68. The Morgan fingerprint density at radius 2 is 2.20 bits per heavy atom. The Morgan fingerprint density at radius 1 is 1.36 bits per heavy atom. The molecular weight excluding hydrogens is 343 g/mol. The number of carbonyl (C=O) groups excluding carboxylic acids is 1. The molecule has 1 aliphatic heterocycles. The predicted octanol–water partition coefficient (Wildman–Crippen LogP) is 0.755. The van der Waals surface area contributed by atoms with Crippen molar-refractivity contribution in [2.45, 2.75) is 18.8 Å². The van der Waals surface area contributed by atoms with Crippen molar-refractivity contribution in [3.05, 3.63) is 29.9 Å². The Morgan fingerprint density at radius 3 is 2.84 bits per heavy atom. The molecule has 0 saturated carbocycles. The summed E-state index contributed by atoms with van der Waals surface area (Å²) < 4.78 is 46.6. The molecule has 1 aliphatic rings. The van der Waals surface area contributed by atoms with Crippen LogP contribution in [0, 0.1) is 0 Å². The third-order valence-corrected chi connectivity index (χ3v) is 3.37. The van der Waals surface area contributed by atoms with E-state index in [4.69, 9.17) is 4.74 Å². The first-order chi connectivity index (χ1) is 11.9. The molecule has 0 spiro atoms. The third kappa shape index (κ3) is 4.51. The highest BCUT2D eigenvalue weighted by molar-refractivity contribution is 5.78. The Balaban J connectivity index is 1.53. The average molecular weight is 357 g/mol. The van der Waals surface area contributed by atoms with Crippen LogP contribution in [0.15, 0.2) is 22.9 Å². The largest absolute Gasteiger partial charge is 0.471 e. The SMILES string of the molecule is O=C1COC[C@@H](CNCc2ccc(-c3noc(C(F)(F)F)n3)cn2)N1. The summed E-state index contributed by atoms with van der Waals surface area (Å²) in [5.74, 6) is -1.73. The van der Waals surface area contributed by atoms with Crippen molar-refractivity contribution in [1.82, 2.24) is 25.8 Å². The number of carbonyl (C=O) groups is 1. The van der Waals surface area contributed by atoms with E-state index in [1.165, 1.54) is 6.20 Å². The highest BCUT2D eigenvalue weighted by Gasteiger charge is 2.38. The van der Waals surface area contributed by atoms with E-state index in [0.717, 1.165) is 0 Å². The third-order valence-electron chi connectivity index (χ3n) is 3.37. The van der Waals surface area contributed by atoms with E-state index in [0.29, 0.717) is 31.0 Å². The van der Waals surface area contributed by atoms with Crippen LogP contribution in [0.2, 0.25) is 0 Å². The maximum atomic E-state index is 12.4. The molecule has 11 heteroatoms. The summed E-state index contributed by atoms with van der Waals surface area (Å²) in [5.41, 5.74) is 0.988. The summed E-state index contributed by atoms with van der Waals surface area (Å²) in [6.45, 7) is 1.44. The van der Waals surface area contributed by atoms with Gasteiger partial charge in [0.05, 0.1) is 18.3 Å². The second kappa shape index (κ2) is 7.15. The number of nitrogens with one attached hydrogen (secondary N) is 2. The van der Waals surface area contributed by atoms with Crippen LogP contribution in [-0.4, -0.2) is 46.8 Å². The zero-order valence-electron chi connectivity index (χ0n) is 12.8. The summed E-state index contributed by atoms with van der Waals surface area (Å²) in [6, 6.07) is 3.09. The van der Waals surface area contributed by atoms with Gasteiger partial charge in [-0.25, -0.2) is 0 Å². The molecule has 3 rings (SSSR count). The number of amides is 1. The molecule has 0 unspecified atom stereocenters. The van der Waals surface area contributed by atoms with E-state index in [9.17, 15) is 18.0 Å². The van der Waals surface area contributed by atoms with Crippen LogP contribution < -0.4 is 10.6 Å². The number of halogens is 3. The van der Waals surface area contributed by atoms with Crippen molar-refractivity contribution in [2.75, 3.05) is 19.8 Å². The summed E-state index contributed by atoms with van der Waals surface area (Å²) in [4.78, 5) is 18.6. The van der Waals surface area contributed by atoms with Gasteiger partial charge in [0.1, 0.15) is 6.61 Å². The Bertz CT molecular complexity index is 732. The van der Waals surface area contributed by atoms with Gasteiger partial charge in [0, 0.05) is 24.8 Å². The zero-order valence-corrected chi connectivity index (χ0v) is 12.8. The molecule has 0 aliphatic carbocycles. The molecule has 2 aromatic rings. The molecule has 8 nitrogen and oxygen atoms in total. The number of pyridine rings is 1. The van der Waals surface area contributed by atoms with Gasteiger partial charge in [-0.15, -0.1) is 0 Å². The van der Waals surface area contributed by atoms with Gasteiger partial charge in [-0.2, -0.15) is 18.2 Å². The minimum Gasteiger partial charge on any atom is -0.369 e. The zero-order chi connectivity index (χ0) is 17.9. The Hall–Kier alpha value is -2.53. The van der Waals surface area contributed by atoms with Crippen molar-refractivity contribution < 1.29 is 27.2 Å². The maximum absolute atomic E-state index is 12.4. The summed E-state index contributed by atoms with van der Waals surface area (Å²) >= 11 is 0. The van der Waals surface area contributed by atoms with E-state index in [-0.39, 0.29) is 24.4 Å². The number of alkyl halides is 3. The molecule has 1 saturated heterocycles. The lowest BCUT2D eigenvalue weighted by atomic mass is 10.2. The molecule has 134 valence electrons. The van der Waals surface area contributed by atoms with Crippen LogP contribution in [0.5, 0.6) is 0 Å². The van der Waals surface area contributed by atoms with Gasteiger partial charge in [-0.05, 0) is 12.1 Å². The van der Waals surface area contributed by atoms with Gasteiger partial charge in [0.15, 0.2) is 0 Å². The fourth-order valence-electron chi connectivity index (χ4n) is 2.21. The van der Waals surface area contributed by atoms with E-state index in [1.807, 2.05) is 0 Å². The van der Waals surface area contributed by atoms with E-state index in [1.54, 1.807) is 12.1 Å².